The van der Waals surface area contributed by atoms with Crippen molar-refractivity contribution in [2.45, 2.75) is 26.9 Å². The van der Waals surface area contributed by atoms with Crippen LogP contribution >= 0.6 is 11.3 Å². The van der Waals surface area contributed by atoms with Crippen molar-refractivity contribution in [1.29, 1.82) is 0 Å². The normalized spacial score (nSPS) is 10.8. The van der Waals surface area contributed by atoms with E-state index in [2.05, 4.69) is 5.38 Å². The van der Waals surface area contributed by atoms with E-state index < -0.39 is 0 Å². The average molecular weight is 315 g/mol. The summed E-state index contributed by atoms with van der Waals surface area (Å²) in [7, 11) is 0. The number of hydrogen-bond donors (Lipinski definition) is 0. The van der Waals surface area contributed by atoms with E-state index in [9.17, 15) is 4.79 Å². The molecular formula is C17H17NO3S. The molecule has 0 bridgehead atoms. The third-order valence-corrected chi connectivity index (χ3v) is 4.17. The van der Waals surface area contributed by atoms with Gasteiger partial charge in [0, 0.05) is 6.54 Å². The number of thiophene rings is 1. The Hall–Kier alpha value is -2.27. The fraction of sp³-hybridized carbons (Fsp3) is 0.235. The lowest BCUT2D eigenvalue weighted by atomic mass is 10.2. The van der Waals surface area contributed by atoms with Gasteiger partial charge in [0.05, 0.1) is 18.4 Å². The Morgan fingerprint density at radius 2 is 2.14 bits per heavy atom. The number of carbonyl (C=O) groups excluding carboxylic acids is 1. The highest BCUT2D eigenvalue weighted by atomic mass is 32.1. The molecule has 22 heavy (non-hydrogen) atoms. The zero-order valence-electron chi connectivity index (χ0n) is 12.5. The lowest BCUT2D eigenvalue weighted by molar-refractivity contribution is 0.0716. The van der Waals surface area contributed by atoms with Crippen LogP contribution in [0, 0.1) is 13.8 Å². The lowest BCUT2D eigenvalue weighted by Gasteiger charge is -2.21. The summed E-state index contributed by atoms with van der Waals surface area (Å²) in [6.07, 6.45) is 1.62. The third kappa shape index (κ3) is 3.14. The molecule has 0 atom stereocenters. The molecule has 5 heteroatoms. The minimum atomic E-state index is -0.0445. The second-order valence-electron chi connectivity index (χ2n) is 5.20. The van der Waals surface area contributed by atoms with Crippen molar-refractivity contribution in [1.82, 2.24) is 4.90 Å². The van der Waals surface area contributed by atoms with Crippen LogP contribution in [0.1, 0.15) is 33.2 Å². The summed E-state index contributed by atoms with van der Waals surface area (Å²) in [5.41, 5.74) is 1.72. The van der Waals surface area contributed by atoms with Crippen LogP contribution in [0.5, 0.6) is 0 Å². The van der Waals surface area contributed by atoms with Crippen LogP contribution in [0.25, 0.3) is 0 Å². The molecule has 0 aromatic carbocycles. The van der Waals surface area contributed by atoms with Gasteiger partial charge in [0.25, 0.3) is 5.91 Å². The predicted molar refractivity (Wildman–Crippen MR) is 84.8 cm³/mol. The molecule has 3 aromatic rings. The Bertz CT molecular complexity index is 705. The van der Waals surface area contributed by atoms with E-state index in [1.54, 1.807) is 28.6 Å². The quantitative estimate of drug-likeness (QED) is 0.701. The maximum atomic E-state index is 12.9. The van der Waals surface area contributed by atoms with Gasteiger partial charge in [-0.15, -0.1) is 0 Å². The first-order valence-corrected chi connectivity index (χ1v) is 7.97. The summed E-state index contributed by atoms with van der Waals surface area (Å²) >= 11 is 1.62. The summed E-state index contributed by atoms with van der Waals surface area (Å²) in [5, 5.41) is 4.06. The maximum absolute atomic E-state index is 12.9. The van der Waals surface area contributed by atoms with Gasteiger partial charge in [-0.2, -0.15) is 11.3 Å². The van der Waals surface area contributed by atoms with Crippen LogP contribution < -0.4 is 0 Å². The molecule has 0 aliphatic heterocycles. The maximum Gasteiger partial charge on any atom is 0.258 e. The molecule has 3 rings (SSSR count). The van der Waals surface area contributed by atoms with Gasteiger partial charge < -0.3 is 13.7 Å². The highest BCUT2D eigenvalue weighted by Gasteiger charge is 2.22. The number of carbonyl (C=O) groups is 1. The SMILES string of the molecule is Cc1cc(C(=O)N(Cc2ccsc2)Cc2ccco2)c(C)o1. The van der Waals surface area contributed by atoms with Gasteiger partial charge in [0.2, 0.25) is 0 Å². The van der Waals surface area contributed by atoms with E-state index in [0.29, 0.717) is 24.4 Å². The van der Waals surface area contributed by atoms with E-state index in [1.165, 1.54) is 0 Å². The number of rotatable bonds is 5. The fourth-order valence-corrected chi connectivity index (χ4v) is 3.07. The van der Waals surface area contributed by atoms with Crippen molar-refractivity contribution in [2.24, 2.45) is 0 Å². The van der Waals surface area contributed by atoms with Crippen LogP contribution in [0.15, 0.2) is 50.1 Å². The van der Waals surface area contributed by atoms with Crippen LogP contribution in [0.4, 0.5) is 0 Å². The van der Waals surface area contributed by atoms with E-state index in [4.69, 9.17) is 8.83 Å². The van der Waals surface area contributed by atoms with E-state index in [-0.39, 0.29) is 5.91 Å². The number of furan rings is 2. The Labute approximate surface area is 133 Å². The van der Waals surface area contributed by atoms with Gasteiger partial charge in [0.1, 0.15) is 17.3 Å². The lowest BCUT2D eigenvalue weighted by Crippen LogP contribution is -2.30. The number of hydrogen-bond acceptors (Lipinski definition) is 4. The van der Waals surface area contributed by atoms with Crippen molar-refractivity contribution in [3.05, 3.63) is 69.7 Å². The number of nitrogens with zero attached hydrogens (tertiary/aromatic N) is 1. The molecule has 0 N–H and O–H groups in total. The predicted octanol–water partition coefficient (Wildman–Crippen LogP) is 4.39. The van der Waals surface area contributed by atoms with Crippen molar-refractivity contribution >= 4 is 17.2 Å². The first-order chi connectivity index (χ1) is 10.6. The largest absolute Gasteiger partial charge is 0.467 e. The molecule has 114 valence electrons. The van der Waals surface area contributed by atoms with Gasteiger partial charge in [-0.25, -0.2) is 0 Å². The standard InChI is InChI=1S/C17H17NO3S/c1-12-8-16(13(2)21-12)17(19)18(9-14-5-7-22-11-14)10-15-4-3-6-20-15/h3-8,11H,9-10H2,1-2H3. The molecule has 0 saturated carbocycles. The van der Waals surface area contributed by atoms with E-state index in [0.717, 1.165) is 17.1 Å². The van der Waals surface area contributed by atoms with E-state index >= 15 is 0 Å². The third-order valence-electron chi connectivity index (χ3n) is 3.44. The smallest absolute Gasteiger partial charge is 0.258 e. The first-order valence-electron chi connectivity index (χ1n) is 7.03. The molecule has 0 aliphatic rings. The minimum Gasteiger partial charge on any atom is -0.467 e. The van der Waals surface area contributed by atoms with Gasteiger partial charge in [-0.3, -0.25) is 4.79 Å². The fourth-order valence-electron chi connectivity index (χ4n) is 2.41. The van der Waals surface area contributed by atoms with Crippen molar-refractivity contribution < 1.29 is 13.6 Å². The molecule has 0 aliphatic carbocycles. The summed E-state index contributed by atoms with van der Waals surface area (Å²) in [6, 6.07) is 7.53. The van der Waals surface area contributed by atoms with Gasteiger partial charge in [0.15, 0.2) is 0 Å². The molecule has 0 saturated heterocycles. The Balaban J connectivity index is 1.86. The van der Waals surface area contributed by atoms with Crippen molar-refractivity contribution in [3.63, 3.8) is 0 Å². The average Bonchev–Trinajstić information content (AvgIpc) is 3.20. The number of aryl methyl sites for hydroxylation is 2. The molecule has 3 aromatic heterocycles. The molecule has 1 amide bonds. The molecule has 0 spiro atoms. The Morgan fingerprint density at radius 1 is 1.27 bits per heavy atom. The van der Waals surface area contributed by atoms with Crippen LogP contribution in [-0.4, -0.2) is 10.8 Å². The van der Waals surface area contributed by atoms with Crippen LogP contribution in [-0.2, 0) is 13.1 Å². The zero-order valence-corrected chi connectivity index (χ0v) is 13.4. The molecule has 0 fully saturated rings. The van der Waals surface area contributed by atoms with Crippen molar-refractivity contribution in [2.75, 3.05) is 0 Å². The Kier molecular flexibility index (Phi) is 4.15. The van der Waals surface area contributed by atoms with Gasteiger partial charge in [-0.1, -0.05) is 0 Å². The zero-order chi connectivity index (χ0) is 15.5. The molecule has 4 nitrogen and oxygen atoms in total. The topological polar surface area (TPSA) is 46.6 Å². The molecule has 0 unspecified atom stereocenters. The Morgan fingerprint density at radius 3 is 2.73 bits per heavy atom. The minimum absolute atomic E-state index is 0.0445. The van der Waals surface area contributed by atoms with E-state index in [1.807, 2.05) is 37.4 Å². The highest BCUT2D eigenvalue weighted by molar-refractivity contribution is 7.07. The first kappa shape index (κ1) is 14.7. The van der Waals surface area contributed by atoms with Crippen LogP contribution in [0.2, 0.25) is 0 Å². The summed E-state index contributed by atoms with van der Waals surface area (Å²) < 4.78 is 10.9. The van der Waals surface area contributed by atoms with Crippen LogP contribution in [0.3, 0.4) is 0 Å². The summed E-state index contributed by atoms with van der Waals surface area (Å²) in [5.74, 6) is 2.12. The monoisotopic (exact) mass is 315 g/mol. The van der Waals surface area contributed by atoms with Crippen molar-refractivity contribution in [3.8, 4) is 0 Å². The molecular weight excluding hydrogens is 298 g/mol. The highest BCUT2D eigenvalue weighted by Crippen LogP contribution is 2.20. The summed E-state index contributed by atoms with van der Waals surface area (Å²) in [6.45, 7) is 4.65. The molecule has 3 heterocycles. The summed E-state index contributed by atoms with van der Waals surface area (Å²) in [4.78, 5) is 14.6. The number of amides is 1. The second kappa shape index (κ2) is 6.23. The molecule has 0 radical (unpaired) electrons. The van der Waals surface area contributed by atoms with Gasteiger partial charge in [-0.05, 0) is 54.4 Å². The second-order valence-corrected chi connectivity index (χ2v) is 5.98. The van der Waals surface area contributed by atoms with Gasteiger partial charge >= 0.3 is 0 Å².